The number of hydrogen-bond donors (Lipinski definition) is 4. The van der Waals surface area contributed by atoms with Crippen molar-refractivity contribution in [2.45, 2.75) is 0 Å². The number of nitrogens with one attached hydrogen (secondary N) is 2. The van der Waals surface area contributed by atoms with Crippen LogP contribution in [0.1, 0.15) is 31.8 Å². The number of carbonyl (C=O) groups is 2. The van der Waals surface area contributed by atoms with E-state index in [0.29, 0.717) is 33.4 Å². The summed E-state index contributed by atoms with van der Waals surface area (Å²) in [4.78, 5) is 25.8. The topological polar surface area (TPSA) is 123 Å². The third-order valence-corrected chi connectivity index (χ3v) is 5.25. The van der Waals surface area contributed by atoms with E-state index in [-0.39, 0.29) is 11.5 Å². The van der Waals surface area contributed by atoms with Gasteiger partial charge in [0.15, 0.2) is 0 Å². The Hall–Kier alpha value is -5.24. The molecule has 0 spiro atoms. The molecule has 0 bridgehead atoms. The van der Waals surface area contributed by atoms with Crippen LogP contribution in [0, 0.1) is 0 Å². The van der Waals surface area contributed by atoms with Gasteiger partial charge in [0.1, 0.15) is 11.5 Å². The average Bonchev–Trinajstić information content (AvgIpc) is 2.90. The predicted octanol–water partition coefficient (Wildman–Crippen LogP) is 4.29. The molecule has 8 heteroatoms. The lowest BCUT2D eigenvalue weighted by atomic mass is 9.95. The minimum Gasteiger partial charge on any atom is -0.507 e. The lowest BCUT2D eigenvalue weighted by molar-refractivity contribution is 0.0946. The van der Waals surface area contributed by atoms with Gasteiger partial charge in [-0.05, 0) is 47.5 Å². The van der Waals surface area contributed by atoms with Crippen molar-refractivity contribution in [1.82, 2.24) is 10.9 Å². The zero-order chi connectivity index (χ0) is 25.3. The predicted molar refractivity (Wildman–Crippen MR) is 138 cm³/mol. The Bertz CT molecular complexity index is 1350. The van der Waals surface area contributed by atoms with E-state index in [1.165, 1.54) is 24.6 Å². The molecule has 0 saturated carbocycles. The normalized spacial score (nSPS) is 11.0. The zero-order valence-corrected chi connectivity index (χ0v) is 19.0. The van der Waals surface area contributed by atoms with E-state index in [0.717, 1.165) is 0 Å². The molecule has 0 unspecified atom stereocenters. The van der Waals surface area contributed by atoms with Crippen molar-refractivity contribution in [3.63, 3.8) is 0 Å². The number of phenols is 2. The van der Waals surface area contributed by atoms with Crippen LogP contribution in [0.4, 0.5) is 0 Å². The van der Waals surface area contributed by atoms with E-state index in [2.05, 4.69) is 21.1 Å². The highest BCUT2D eigenvalue weighted by Gasteiger charge is 2.17. The molecule has 178 valence electrons. The number of rotatable bonds is 7. The number of hydrogen-bond acceptors (Lipinski definition) is 6. The molecule has 0 heterocycles. The molecule has 0 radical (unpaired) electrons. The summed E-state index contributed by atoms with van der Waals surface area (Å²) in [5.74, 6) is -0.878. The minimum atomic E-state index is -0.481. The Labute approximate surface area is 207 Å². The van der Waals surface area contributed by atoms with E-state index >= 15 is 0 Å². The minimum absolute atomic E-state index is 0.0426. The number of benzene rings is 4. The number of aromatic hydroxyl groups is 2. The Morgan fingerprint density at radius 1 is 0.556 bits per heavy atom. The van der Waals surface area contributed by atoms with Crippen LogP contribution in [0.3, 0.4) is 0 Å². The summed E-state index contributed by atoms with van der Waals surface area (Å²) >= 11 is 0. The van der Waals surface area contributed by atoms with Crippen molar-refractivity contribution in [3.05, 3.63) is 119 Å². The van der Waals surface area contributed by atoms with E-state index in [1.54, 1.807) is 84.9 Å². The number of hydrazone groups is 2. The highest BCUT2D eigenvalue weighted by molar-refractivity contribution is 6.06. The molecule has 36 heavy (non-hydrogen) atoms. The van der Waals surface area contributed by atoms with Gasteiger partial charge in [-0.25, -0.2) is 10.9 Å². The van der Waals surface area contributed by atoms with Crippen LogP contribution >= 0.6 is 0 Å². The molecule has 4 rings (SSSR count). The van der Waals surface area contributed by atoms with Gasteiger partial charge in [0.2, 0.25) is 0 Å². The van der Waals surface area contributed by atoms with Crippen molar-refractivity contribution in [2.24, 2.45) is 10.2 Å². The van der Waals surface area contributed by atoms with Gasteiger partial charge in [-0.15, -0.1) is 0 Å². The van der Waals surface area contributed by atoms with Crippen molar-refractivity contribution in [1.29, 1.82) is 0 Å². The van der Waals surface area contributed by atoms with Crippen LogP contribution in [0.2, 0.25) is 0 Å². The fourth-order valence-corrected chi connectivity index (χ4v) is 3.47. The monoisotopic (exact) mass is 478 g/mol. The van der Waals surface area contributed by atoms with Gasteiger partial charge in [0.05, 0.1) is 12.4 Å². The third-order valence-electron chi connectivity index (χ3n) is 5.25. The number of nitrogens with zero attached hydrogens (tertiary/aromatic N) is 2. The molecule has 0 aliphatic carbocycles. The van der Waals surface area contributed by atoms with Crippen molar-refractivity contribution >= 4 is 24.2 Å². The van der Waals surface area contributed by atoms with Crippen LogP contribution in [0.5, 0.6) is 11.5 Å². The molecule has 0 aliphatic heterocycles. The molecule has 0 fully saturated rings. The SMILES string of the molecule is O=C(N/N=C/c1ccccc1O)c1ccccc1-c1ccccc1C(=O)N/N=C/c1ccccc1O. The van der Waals surface area contributed by atoms with Gasteiger partial charge >= 0.3 is 0 Å². The molecule has 4 N–H and O–H groups in total. The second kappa shape index (κ2) is 11.3. The highest BCUT2D eigenvalue weighted by atomic mass is 16.3. The largest absolute Gasteiger partial charge is 0.507 e. The number of phenolic OH excluding ortho intramolecular Hbond substituents is 2. The summed E-state index contributed by atoms with van der Waals surface area (Å²) in [6, 6.07) is 26.9. The molecule has 4 aromatic rings. The second-order valence-corrected chi connectivity index (χ2v) is 7.61. The van der Waals surface area contributed by atoms with Crippen LogP contribution in [-0.4, -0.2) is 34.5 Å². The van der Waals surface area contributed by atoms with Crippen molar-refractivity contribution in [3.8, 4) is 22.6 Å². The average molecular weight is 479 g/mol. The Balaban J connectivity index is 1.55. The van der Waals surface area contributed by atoms with E-state index in [1.807, 2.05) is 0 Å². The Morgan fingerprint density at radius 3 is 1.33 bits per heavy atom. The first kappa shape index (κ1) is 23.9. The Morgan fingerprint density at radius 2 is 0.917 bits per heavy atom. The van der Waals surface area contributed by atoms with Crippen LogP contribution in [0.25, 0.3) is 11.1 Å². The van der Waals surface area contributed by atoms with Gasteiger partial charge in [0.25, 0.3) is 11.8 Å². The number of carbonyl (C=O) groups excluding carboxylic acids is 2. The van der Waals surface area contributed by atoms with E-state index < -0.39 is 11.8 Å². The van der Waals surface area contributed by atoms with Crippen LogP contribution < -0.4 is 10.9 Å². The molecule has 0 atom stereocenters. The molecule has 0 saturated heterocycles. The third kappa shape index (κ3) is 5.63. The van der Waals surface area contributed by atoms with Gasteiger partial charge in [-0.3, -0.25) is 9.59 Å². The van der Waals surface area contributed by atoms with Crippen molar-refractivity contribution in [2.75, 3.05) is 0 Å². The first-order valence-corrected chi connectivity index (χ1v) is 11.0. The van der Waals surface area contributed by atoms with E-state index in [9.17, 15) is 19.8 Å². The maximum Gasteiger partial charge on any atom is 0.271 e. The Kier molecular flexibility index (Phi) is 7.47. The lowest BCUT2D eigenvalue weighted by Gasteiger charge is -2.12. The zero-order valence-electron chi connectivity index (χ0n) is 19.0. The van der Waals surface area contributed by atoms with E-state index in [4.69, 9.17) is 0 Å². The van der Waals surface area contributed by atoms with Crippen LogP contribution in [0.15, 0.2) is 107 Å². The maximum atomic E-state index is 12.9. The quantitative estimate of drug-likeness (QED) is 0.234. The molecule has 2 amide bonds. The summed E-state index contributed by atoms with van der Waals surface area (Å²) in [6.07, 6.45) is 2.69. The van der Waals surface area contributed by atoms with Gasteiger partial charge in [-0.1, -0.05) is 60.7 Å². The summed E-state index contributed by atoms with van der Waals surface area (Å²) in [7, 11) is 0. The van der Waals surface area contributed by atoms with Crippen molar-refractivity contribution < 1.29 is 19.8 Å². The summed E-state index contributed by atoms with van der Waals surface area (Å²) < 4.78 is 0. The maximum absolute atomic E-state index is 12.9. The molecular weight excluding hydrogens is 456 g/mol. The first-order chi connectivity index (χ1) is 17.5. The summed E-state index contributed by atoms with van der Waals surface area (Å²) in [6.45, 7) is 0. The van der Waals surface area contributed by atoms with Gasteiger partial charge in [0, 0.05) is 22.3 Å². The molecule has 4 aromatic carbocycles. The second-order valence-electron chi connectivity index (χ2n) is 7.61. The fraction of sp³-hybridized carbons (Fsp3) is 0. The van der Waals surface area contributed by atoms with Crippen LogP contribution in [-0.2, 0) is 0 Å². The smallest absolute Gasteiger partial charge is 0.271 e. The fourth-order valence-electron chi connectivity index (χ4n) is 3.47. The first-order valence-electron chi connectivity index (χ1n) is 11.0. The number of amides is 2. The highest BCUT2D eigenvalue weighted by Crippen LogP contribution is 2.27. The molecule has 0 aliphatic rings. The molecular formula is C28H22N4O4. The standard InChI is InChI=1S/C28H22N4O4/c33-25-15-7-1-9-19(25)17-29-31-27(35)23-13-5-3-11-21(23)22-12-4-6-14-24(22)28(36)32-30-18-20-10-2-8-16-26(20)34/h1-18,33-34H,(H,31,35)(H,32,36)/b29-17+,30-18+. The lowest BCUT2D eigenvalue weighted by Crippen LogP contribution is -2.20. The molecule has 0 aromatic heterocycles. The molecule has 8 nitrogen and oxygen atoms in total. The van der Waals surface area contributed by atoms with Gasteiger partial charge in [-0.2, -0.15) is 10.2 Å². The summed E-state index contributed by atoms with van der Waals surface area (Å²) in [5, 5.41) is 27.6. The number of para-hydroxylation sites is 2. The van der Waals surface area contributed by atoms with Gasteiger partial charge < -0.3 is 10.2 Å². The summed E-state index contributed by atoms with van der Waals surface area (Å²) in [5.41, 5.74) is 7.52.